The van der Waals surface area contributed by atoms with Crippen LogP contribution < -0.4 is 9.47 Å². The number of esters is 1. The highest BCUT2D eigenvalue weighted by molar-refractivity contribution is 5.91. The average molecular weight is 601 g/mol. The molecule has 0 N–H and O–H groups in total. The number of carbonyl (C=O) groups is 2. The molecular weight excluding hydrogens is 560 g/mol. The van der Waals surface area contributed by atoms with Gasteiger partial charge in [0, 0.05) is 22.0 Å². The minimum atomic E-state index is -4.25. The standard InChI is InChI=1S/C35H40F4O4/c1-9-31(3,4)29(40)34(36,37)25-12-11-13-26(22-25)35(38,39)30(41)42-27-18-14-23(15-19-27)33(7,8)24-16-20-28(21-17-24)43-32(5,6)10-2/h11-22H,9-10H2,1-8H3. The van der Waals surface area contributed by atoms with Crippen molar-refractivity contribution in [2.45, 2.75) is 91.1 Å². The molecule has 232 valence electrons. The summed E-state index contributed by atoms with van der Waals surface area (Å²) in [6.07, 6.45) is 0.988. The molecule has 4 nitrogen and oxygen atoms in total. The van der Waals surface area contributed by atoms with Crippen molar-refractivity contribution in [1.82, 2.24) is 0 Å². The first-order chi connectivity index (χ1) is 19.8. The minimum Gasteiger partial charge on any atom is -0.488 e. The molecule has 0 fully saturated rings. The molecule has 8 heteroatoms. The molecule has 3 aromatic rings. The number of ether oxygens (including phenoxy) is 2. The summed E-state index contributed by atoms with van der Waals surface area (Å²) in [5.41, 5.74) is -2.21. The zero-order valence-corrected chi connectivity index (χ0v) is 26.0. The van der Waals surface area contributed by atoms with E-state index in [0.29, 0.717) is 6.07 Å². The Morgan fingerprint density at radius 2 is 1.09 bits per heavy atom. The molecule has 0 unspecified atom stereocenters. The molecule has 0 atom stereocenters. The van der Waals surface area contributed by atoms with Crippen LogP contribution in [0.3, 0.4) is 0 Å². The van der Waals surface area contributed by atoms with Crippen LogP contribution in [-0.4, -0.2) is 17.4 Å². The first-order valence-electron chi connectivity index (χ1n) is 14.3. The van der Waals surface area contributed by atoms with Crippen LogP contribution in [0.15, 0.2) is 72.8 Å². The lowest BCUT2D eigenvalue weighted by Gasteiger charge is -2.28. The van der Waals surface area contributed by atoms with Crippen molar-refractivity contribution in [3.63, 3.8) is 0 Å². The van der Waals surface area contributed by atoms with Gasteiger partial charge in [-0.2, -0.15) is 17.6 Å². The summed E-state index contributed by atoms with van der Waals surface area (Å²) in [4.78, 5) is 25.0. The summed E-state index contributed by atoms with van der Waals surface area (Å²) in [6, 6.07) is 17.1. The van der Waals surface area contributed by atoms with E-state index in [4.69, 9.17) is 9.47 Å². The van der Waals surface area contributed by atoms with Crippen LogP contribution in [0.2, 0.25) is 0 Å². The van der Waals surface area contributed by atoms with Gasteiger partial charge in [-0.15, -0.1) is 0 Å². The maximum Gasteiger partial charge on any atom is 0.387 e. The van der Waals surface area contributed by atoms with E-state index in [1.165, 1.54) is 26.0 Å². The van der Waals surface area contributed by atoms with E-state index in [2.05, 4.69) is 6.92 Å². The lowest BCUT2D eigenvalue weighted by atomic mass is 9.78. The van der Waals surface area contributed by atoms with Gasteiger partial charge >= 0.3 is 17.8 Å². The molecule has 43 heavy (non-hydrogen) atoms. The summed E-state index contributed by atoms with van der Waals surface area (Å²) in [5, 5.41) is 0. The van der Waals surface area contributed by atoms with Gasteiger partial charge in [0.1, 0.15) is 17.1 Å². The molecule has 0 heterocycles. The number of ketones is 1. The maximum atomic E-state index is 15.1. The Hall–Kier alpha value is -3.68. The van der Waals surface area contributed by atoms with Crippen molar-refractivity contribution in [1.29, 1.82) is 0 Å². The van der Waals surface area contributed by atoms with Gasteiger partial charge in [0.05, 0.1) is 0 Å². The molecule has 0 spiro atoms. The van der Waals surface area contributed by atoms with E-state index in [1.54, 1.807) is 19.1 Å². The zero-order chi connectivity index (χ0) is 32.4. The Morgan fingerprint density at radius 1 is 0.628 bits per heavy atom. The fourth-order valence-corrected chi connectivity index (χ4v) is 4.35. The van der Waals surface area contributed by atoms with Crippen molar-refractivity contribution in [2.75, 3.05) is 0 Å². The number of Topliss-reactive ketones (excluding diaryl/α,β-unsaturated/α-hetero) is 1. The molecule has 0 amide bonds. The van der Waals surface area contributed by atoms with Gasteiger partial charge in [-0.05, 0) is 68.1 Å². The summed E-state index contributed by atoms with van der Waals surface area (Å²) >= 11 is 0. The van der Waals surface area contributed by atoms with E-state index in [-0.39, 0.29) is 17.8 Å². The molecule has 0 saturated carbocycles. The van der Waals surface area contributed by atoms with E-state index >= 15 is 8.78 Å². The van der Waals surface area contributed by atoms with Gasteiger partial charge in [-0.1, -0.05) is 84.0 Å². The second-order valence-corrected chi connectivity index (χ2v) is 12.6. The minimum absolute atomic E-state index is 0.129. The third-order valence-electron chi connectivity index (χ3n) is 8.24. The van der Waals surface area contributed by atoms with Gasteiger partial charge < -0.3 is 9.47 Å². The number of carbonyl (C=O) groups excluding carboxylic acids is 2. The van der Waals surface area contributed by atoms with Crippen LogP contribution in [0.1, 0.15) is 90.5 Å². The van der Waals surface area contributed by atoms with Crippen molar-refractivity contribution in [3.05, 3.63) is 95.1 Å². The SMILES string of the molecule is CCC(C)(C)Oc1ccc(C(C)(C)c2ccc(OC(=O)C(F)(F)c3cccc(C(F)(F)C(=O)C(C)(C)CC)c3)cc2)cc1. The van der Waals surface area contributed by atoms with E-state index in [0.717, 1.165) is 41.5 Å². The monoisotopic (exact) mass is 600 g/mol. The third-order valence-corrected chi connectivity index (χ3v) is 8.24. The predicted molar refractivity (Wildman–Crippen MR) is 159 cm³/mol. The predicted octanol–water partition coefficient (Wildman–Crippen LogP) is 9.37. The lowest BCUT2D eigenvalue weighted by Crippen LogP contribution is -2.38. The topological polar surface area (TPSA) is 52.6 Å². The molecule has 0 aliphatic rings. The average Bonchev–Trinajstić information content (AvgIpc) is 2.97. The summed E-state index contributed by atoms with van der Waals surface area (Å²) < 4.78 is 71.2. The Labute approximate surface area is 251 Å². The first kappa shape index (κ1) is 33.8. The molecule has 0 aliphatic carbocycles. The zero-order valence-electron chi connectivity index (χ0n) is 26.0. The third kappa shape index (κ3) is 7.28. The fraction of sp³-hybridized carbons (Fsp3) is 0.429. The van der Waals surface area contributed by atoms with Crippen molar-refractivity contribution < 1.29 is 36.6 Å². The van der Waals surface area contributed by atoms with E-state index < -0.39 is 45.6 Å². The number of hydrogen-bond donors (Lipinski definition) is 0. The highest BCUT2D eigenvalue weighted by Crippen LogP contribution is 2.40. The van der Waals surface area contributed by atoms with Crippen molar-refractivity contribution in [3.8, 4) is 11.5 Å². The first-order valence-corrected chi connectivity index (χ1v) is 14.3. The van der Waals surface area contributed by atoms with Crippen LogP contribution in [0.5, 0.6) is 11.5 Å². The van der Waals surface area contributed by atoms with Crippen LogP contribution >= 0.6 is 0 Å². The molecule has 0 aromatic heterocycles. The highest BCUT2D eigenvalue weighted by atomic mass is 19.3. The van der Waals surface area contributed by atoms with Gasteiger partial charge in [-0.25, -0.2) is 4.79 Å². The Bertz CT molecular complexity index is 1440. The van der Waals surface area contributed by atoms with Crippen LogP contribution in [-0.2, 0) is 26.8 Å². The number of benzene rings is 3. The van der Waals surface area contributed by atoms with E-state index in [1.807, 2.05) is 52.0 Å². The van der Waals surface area contributed by atoms with Crippen molar-refractivity contribution >= 4 is 11.8 Å². The van der Waals surface area contributed by atoms with Crippen LogP contribution in [0, 0.1) is 5.41 Å². The van der Waals surface area contributed by atoms with Crippen molar-refractivity contribution in [2.24, 2.45) is 5.41 Å². The number of halogens is 4. The quantitative estimate of drug-likeness (QED) is 0.118. The lowest BCUT2D eigenvalue weighted by molar-refractivity contribution is -0.163. The van der Waals surface area contributed by atoms with E-state index in [9.17, 15) is 18.4 Å². The molecule has 0 radical (unpaired) electrons. The van der Waals surface area contributed by atoms with Gasteiger partial charge in [0.2, 0.25) is 5.78 Å². The summed E-state index contributed by atoms with van der Waals surface area (Å²) in [5.74, 6) is -11.0. The molecule has 0 bridgehead atoms. The Balaban J connectivity index is 1.77. The normalized spacial score (nSPS) is 13.0. The largest absolute Gasteiger partial charge is 0.488 e. The summed E-state index contributed by atoms with van der Waals surface area (Å²) in [7, 11) is 0. The van der Waals surface area contributed by atoms with Crippen LogP contribution in [0.25, 0.3) is 0 Å². The highest BCUT2D eigenvalue weighted by Gasteiger charge is 2.49. The number of alkyl halides is 4. The van der Waals surface area contributed by atoms with Gasteiger partial charge in [-0.3, -0.25) is 4.79 Å². The maximum absolute atomic E-state index is 15.1. The Kier molecular flexibility index (Phi) is 9.54. The number of hydrogen-bond acceptors (Lipinski definition) is 4. The number of rotatable bonds is 12. The molecule has 3 aromatic carbocycles. The van der Waals surface area contributed by atoms with Gasteiger partial charge in [0.15, 0.2) is 0 Å². The molecular formula is C35H40F4O4. The van der Waals surface area contributed by atoms with Gasteiger partial charge in [0.25, 0.3) is 0 Å². The molecule has 3 rings (SSSR count). The summed E-state index contributed by atoms with van der Waals surface area (Å²) in [6.45, 7) is 14.4. The smallest absolute Gasteiger partial charge is 0.387 e. The molecule has 0 aliphatic heterocycles. The van der Waals surface area contributed by atoms with Crippen LogP contribution in [0.4, 0.5) is 17.6 Å². The second-order valence-electron chi connectivity index (χ2n) is 12.6. The Morgan fingerprint density at radius 3 is 1.56 bits per heavy atom. The second kappa shape index (κ2) is 12.1. The fourth-order valence-electron chi connectivity index (χ4n) is 4.35. The molecule has 0 saturated heterocycles.